The first-order valence-electron chi connectivity index (χ1n) is 10.3. The highest BCUT2D eigenvalue weighted by molar-refractivity contribution is 5.62. The van der Waals surface area contributed by atoms with Gasteiger partial charge in [-0.2, -0.15) is 0 Å². The Kier molecular flexibility index (Phi) is 9.32. The quantitative estimate of drug-likeness (QED) is 0.454. The third kappa shape index (κ3) is 6.40. The van der Waals surface area contributed by atoms with Gasteiger partial charge in [0.1, 0.15) is 23.3 Å². The fourth-order valence-corrected chi connectivity index (χ4v) is 3.38. The van der Waals surface area contributed by atoms with Crippen LogP contribution in [0.1, 0.15) is 37.9 Å². The lowest BCUT2D eigenvalue weighted by Crippen LogP contribution is -3.11. The summed E-state index contributed by atoms with van der Waals surface area (Å²) >= 11 is 0. The van der Waals surface area contributed by atoms with Gasteiger partial charge >= 0.3 is 0 Å². The van der Waals surface area contributed by atoms with Crippen molar-refractivity contribution in [1.29, 1.82) is 0 Å². The van der Waals surface area contributed by atoms with Gasteiger partial charge in [0, 0.05) is 11.1 Å². The number of allylic oxidation sites excluding steroid dienone is 2. The Morgan fingerprint density at radius 3 is 1.90 bits per heavy atom. The van der Waals surface area contributed by atoms with E-state index in [-0.39, 0.29) is 6.04 Å². The van der Waals surface area contributed by atoms with Crippen molar-refractivity contribution in [2.45, 2.75) is 26.8 Å². The highest BCUT2D eigenvalue weighted by Crippen LogP contribution is 2.21. The molecule has 2 aromatic rings. The van der Waals surface area contributed by atoms with Crippen molar-refractivity contribution < 1.29 is 19.1 Å². The molecule has 0 saturated carbocycles. The van der Waals surface area contributed by atoms with Crippen LogP contribution in [0.15, 0.2) is 66.8 Å². The van der Waals surface area contributed by atoms with E-state index in [0.29, 0.717) is 6.61 Å². The van der Waals surface area contributed by atoms with Crippen LogP contribution in [0.2, 0.25) is 0 Å². The maximum atomic E-state index is 5.88. The molecule has 1 N–H and O–H groups in total. The van der Waals surface area contributed by atoms with E-state index in [1.807, 2.05) is 49.4 Å². The van der Waals surface area contributed by atoms with Crippen molar-refractivity contribution in [3.05, 3.63) is 77.9 Å². The van der Waals surface area contributed by atoms with Crippen LogP contribution in [0.5, 0.6) is 11.5 Å². The van der Waals surface area contributed by atoms with Gasteiger partial charge in [-0.3, -0.25) is 0 Å². The van der Waals surface area contributed by atoms with Crippen LogP contribution in [-0.4, -0.2) is 33.9 Å². The smallest absolute Gasteiger partial charge is 0.132 e. The Balaban J connectivity index is 2.29. The van der Waals surface area contributed by atoms with Crippen molar-refractivity contribution >= 4 is 5.76 Å². The third-order valence-electron chi connectivity index (χ3n) is 5.05. The van der Waals surface area contributed by atoms with E-state index in [2.05, 4.69) is 38.1 Å². The topological polar surface area (TPSA) is 32.1 Å². The summed E-state index contributed by atoms with van der Waals surface area (Å²) in [5.41, 5.74) is 2.31. The van der Waals surface area contributed by atoms with Crippen molar-refractivity contribution in [3.8, 4) is 11.5 Å². The molecule has 0 fully saturated rings. The number of hydrogen-bond acceptors (Lipinski definition) is 3. The summed E-state index contributed by atoms with van der Waals surface area (Å²) in [5, 5.41) is 0. The van der Waals surface area contributed by atoms with E-state index in [0.717, 1.165) is 35.9 Å². The highest BCUT2D eigenvalue weighted by Gasteiger charge is 2.18. The van der Waals surface area contributed by atoms with Crippen LogP contribution in [0.4, 0.5) is 0 Å². The van der Waals surface area contributed by atoms with Gasteiger partial charge in [-0.05, 0) is 81.5 Å². The molecule has 4 heteroatoms. The number of benzene rings is 2. The molecular formula is C25H34NO3+. The second-order valence-electron chi connectivity index (χ2n) is 6.69. The van der Waals surface area contributed by atoms with Gasteiger partial charge < -0.3 is 19.1 Å². The summed E-state index contributed by atoms with van der Waals surface area (Å²) in [6.45, 7) is 9.18. The van der Waals surface area contributed by atoms with Gasteiger partial charge in [0.2, 0.25) is 0 Å². The van der Waals surface area contributed by atoms with Crippen LogP contribution in [0.3, 0.4) is 0 Å². The predicted octanol–water partition coefficient (Wildman–Crippen LogP) is 4.30. The zero-order valence-electron chi connectivity index (χ0n) is 18.3. The molecule has 0 heterocycles. The fourth-order valence-electron chi connectivity index (χ4n) is 3.38. The van der Waals surface area contributed by atoms with E-state index in [4.69, 9.17) is 14.2 Å². The number of nitrogens with one attached hydrogen (secondary N) is 1. The summed E-state index contributed by atoms with van der Waals surface area (Å²) in [6, 6.07) is 16.6. The maximum absolute atomic E-state index is 5.88. The molecule has 156 valence electrons. The lowest BCUT2D eigenvalue weighted by Gasteiger charge is -2.24. The molecule has 0 amide bonds. The normalized spacial score (nSPS) is 13.0. The minimum Gasteiger partial charge on any atom is -0.497 e. The Bertz CT molecular complexity index is 775. The average molecular weight is 397 g/mol. The molecular weight excluding hydrogens is 362 g/mol. The molecule has 0 radical (unpaired) electrons. The molecule has 0 aliphatic rings. The van der Waals surface area contributed by atoms with Gasteiger partial charge in [0.15, 0.2) is 0 Å². The average Bonchev–Trinajstić information content (AvgIpc) is 2.78. The number of ether oxygens (including phenoxy) is 3. The van der Waals surface area contributed by atoms with Crippen LogP contribution in [-0.2, 0) is 4.74 Å². The zero-order chi connectivity index (χ0) is 21.1. The molecule has 1 unspecified atom stereocenters. The molecule has 2 aromatic carbocycles. The van der Waals surface area contributed by atoms with Crippen LogP contribution in [0.25, 0.3) is 5.76 Å². The van der Waals surface area contributed by atoms with Gasteiger partial charge in [0.05, 0.1) is 33.9 Å². The fraction of sp³-hybridized carbons (Fsp3) is 0.360. The lowest BCUT2D eigenvalue weighted by molar-refractivity contribution is -0.921. The monoisotopic (exact) mass is 396 g/mol. The van der Waals surface area contributed by atoms with Crippen molar-refractivity contribution in [2.75, 3.05) is 33.9 Å². The van der Waals surface area contributed by atoms with E-state index in [1.54, 1.807) is 14.2 Å². The molecule has 0 aromatic heterocycles. The number of quaternary nitrogens is 1. The van der Waals surface area contributed by atoms with Gasteiger partial charge in [-0.25, -0.2) is 0 Å². The molecule has 0 bridgehead atoms. The van der Waals surface area contributed by atoms with Crippen molar-refractivity contribution in [3.63, 3.8) is 0 Å². The third-order valence-corrected chi connectivity index (χ3v) is 5.05. The first kappa shape index (κ1) is 22.6. The Labute approximate surface area is 175 Å². The van der Waals surface area contributed by atoms with Crippen LogP contribution in [0, 0.1) is 0 Å². The van der Waals surface area contributed by atoms with Gasteiger partial charge in [-0.15, -0.1) is 0 Å². The molecule has 1 atom stereocenters. The standard InChI is InChI=1S/C25H33NO3/c1-6-26(7-2)24(20-12-16-22(27-4)17-13-20)10-9-11-25(29-8-3)21-14-18-23(28-5)19-15-21/h9-19,24H,6-8H2,1-5H3/p+1/b10-9+,25-11+. The number of methoxy groups -OCH3 is 2. The van der Waals surface area contributed by atoms with Gasteiger partial charge in [-0.1, -0.05) is 6.08 Å². The second-order valence-corrected chi connectivity index (χ2v) is 6.69. The number of hydrogen-bond donors (Lipinski definition) is 1. The number of rotatable bonds is 11. The second kappa shape index (κ2) is 12.0. The van der Waals surface area contributed by atoms with Crippen LogP contribution >= 0.6 is 0 Å². The molecule has 0 spiro atoms. The minimum absolute atomic E-state index is 0.269. The SMILES string of the molecule is CCO/C(=C/C=C/C(c1ccc(OC)cc1)[NH+](CC)CC)c1ccc(OC)cc1. The molecule has 0 saturated heterocycles. The summed E-state index contributed by atoms with van der Waals surface area (Å²) in [5.74, 6) is 2.57. The summed E-state index contributed by atoms with van der Waals surface area (Å²) < 4.78 is 16.4. The Morgan fingerprint density at radius 2 is 1.41 bits per heavy atom. The minimum atomic E-state index is 0.269. The van der Waals surface area contributed by atoms with Crippen LogP contribution < -0.4 is 14.4 Å². The molecule has 0 aliphatic carbocycles. The first-order chi connectivity index (χ1) is 14.2. The largest absolute Gasteiger partial charge is 0.497 e. The van der Waals surface area contributed by atoms with E-state index < -0.39 is 0 Å². The Morgan fingerprint density at radius 1 is 0.862 bits per heavy atom. The lowest BCUT2D eigenvalue weighted by atomic mass is 10.0. The highest BCUT2D eigenvalue weighted by atomic mass is 16.5. The molecule has 0 aliphatic heterocycles. The summed E-state index contributed by atoms with van der Waals surface area (Å²) in [4.78, 5) is 1.50. The van der Waals surface area contributed by atoms with E-state index in [9.17, 15) is 0 Å². The Hall–Kier alpha value is -2.72. The number of likely N-dealkylation sites (N-methyl/N-ethyl adjacent to an activating group) is 1. The van der Waals surface area contributed by atoms with Gasteiger partial charge in [0.25, 0.3) is 0 Å². The molecule has 2 rings (SSSR count). The summed E-state index contributed by atoms with van der Waals surface area (Å²) in [7, 11) is 3.37. The predicted molar refractivity (Wildman–Crippen MR) is 120 cm³/mol. The van der Waals surface area contributed by atoms with E-state index in [1.165, 1.54) is 10.5 Å². The van der Waals surface area contributed by atoms with Crippen molar-refractivity contribution in [1.82, 2.24) is 0 Å². The summed E-state index contributed by atoms with van der Waals surface area (Å²) in [6.07, 6.45) is 6.41. The maximum Gasteiger partial charge on any atom is 0.132 e. The molecule has 29 heavy (non-hydrogen) atoms. The van der Waals surface area contributed by atoms with E-state index >= 15 is 0 Å². The molecule has 4 nitrogen and oxygen atoms in total. The van der Waals surface area contributed by atoms with Crippen molar-refractivity contribution in [2.24, 2.45) is 0 Å². The zero-order valence-corrected chi connectivity index (χ0v) is 18.3. The first-order valence-corrected chi connectivity index (χ1v) is 10.3.